The van der Waals surface area contributed by atoms with E-state index in [1.807, 2.05) is 35.0 Å². The monoisotopic (exact) mass is 283 g/mol. The second kappa shape index (κ2) is 5.70. The molecule has 0 saturated carbocycles. The zero-order valence-corrected chi connectivity index (χ0v) is 11.5. The van der Waals surface area contributed by atoms with Crippen LogP contribution in [0.5, 0.6) is 0 Å². The molecule has 0 spiro atoms. The van der Waals surface area contributed by atoms with Crippen LogP contribution in [0.3, 0.4) is 0 Å². The van der Waals surface area contributed by atoms with Gasteiger partial charge in [-0.15, -0.1) is 0 Å². The predicted octanol–water partition coefficient (Wildman–Crippen LogP) is 1.77. The van der Waals surface area contributed by atoms with Gasteiger partial charge >= 0.3 is 0 Å². The van der Waals surface area contributed by atoms with Crippen molar-refractivity contribution in [1.29, 1.82) is 0 Å². The SMILES string of the molecule is Nc1ccc2[nH]c(C(=O)NCCCn3ccnc3)cc2c1. The molecule has 21 heavy (non-hydrogen) atoms. The molecule has 3 rings (SSSR count). The number of carbonyl (C=O) groups is 1. The number of carbonyl (C=O) groups excluding carboxylic acids is 1. The maximum Gasteiger partial charge on any atom is 0.267 e. The van der Waals surface area contributed by atoms with Gasteiger partial charge in [-0.2, -0.15) is 0 Å². The summed E-state index contributed by atoms with van der Waals surface area (Å²) in [6, 6.07) is 7.35. The third kappa shape index (κ3) is 3.05. The van der Waals surface area contributed by atoms with Gasteiger partial charge in [0.2, 0.25) is 0 Å². The lowest BCUT2D eigenvalue weighted by molar-refractivity contribution is 0.0948. The zero-order chi connectivity index (χ0) is 14.7. The van der Waals surface area contributed by atoms with Gasteiger partial charge in [0, 0.05) is 42.1 Å². The maximum absolute atomic E-state index is 12.1. The number of nitrogen functional groups attached to an aromatic ring is 1. The van der Waals surface area contributed by atoms with Gasteiger partial charge in [-0.05, 0) is 30.7 Å². The lowest BCUT2D eigenvalue weighted by atomic mass is 10.2. The van der Waals surface area contributed by atoms with Gasteiger partial charge in [-0.25, -0.2) is 4.98 Å². The highest BCUT2D eigenvalue weighted by Gasteiger charge is 2.08. The van der Waals surface area contributed by atoms with Crippen molar-refractivity contribution in [2.75, 3.05) is 12.3 Å². The second-order valence-corrected chi connectivity index (χ2v) is 4.94. The highest BCUT2D eigenvalue weighted by atomic mass is 16.1. The molecule has 3 aromatic rings. The number of aryl methyl sites for hydroxylation is 1. The van der Waals surface area contributed by atoms with E-state index in [0.29, 0.717) is 17.9 Å². The van der Waals surface area contributed by atoms with E-state index in [4.69, 9.17) is 5.73 Å². The van der Waals surface area contributed by atoms with Gasteiger partial charge in [0.25, 0.3) is 5.91 Å². The third-order valence-electron chi connectivity index (χ3n) is 3.33. The van der Waals surface area contributed by atoms with Crippen LogP contribution in [0.4, 0.5) is 5.69 Å². The van der Waals surface area contributed by atoms with Crippen molar-refractivity contribution in [1.82, 2.24) is 19.9 Å². The Labute approximate surface area is 122 Å². The Kier molecular flexibility index (Phi) is 3.59. The van der Waals surface area contributed by atoms with Crippen LogP contribution in [0, 0.1) is 0 Å². The molecular weight excluding hydrogens is 266 g/mol. The zero-order valence-electron chi connectivity index (χ0n) is 11.5. The summed E-state index contributed by atoms with van der Waals surface area (Å²) in [5.41, 5.74) is 7.88. The number of fused-ring (bicyclic) bond motifs is 1. The molecule has 6 heteroatoms. The number of nitrogens with one attached hydrogen (secondary N) is 2. The summed E-state index contributed by atoms with van der Waals surface area (Å²) in [5, 5.41) is 3.84. The fraction of sp³-hybridized carbons (Fsp3) is 0.200. The molecule has 6 nitrogen and oxygen atoms in total. The van der Waals surface area contributed by atoms with E-state index < -0.39 is 0 Å². The molecule has 4 N–H and O–H groups in total. The Hall–Kier alpha value is -2.76. The number of amides is 1. The minimum Gasteiger partial charge on any atom is -0.399 e. The second-order valence-electron chi connectivity index (χ2n) is 4.94. The number of hydrogen-bond donors (Lipinski definition) is 3. The van der Waals surface area contributed by atoms with Crippen molar-refractivity contribution in [3.63, 3.8) is 0 Å². The molecule has 0 bridgehead atoms. The minimum absolute atomic E-state index is 0.101. The molecule has 1 amide bonds. The number of benzene rings is 1. The summed E-state index contributed by atoms with van der Waals surface area (Å²) in [5.74, 6) is -0.101. The van der Waals surface area contributed by atoms with Crippen LogP contribution in [0.15, 0.2) is 43.0 Å². The molecule has 0 atom stereocenters. The summed E-state index contributed by atoms with van der Waals surface area (Å²) in [6.07, 6.45) is 6.28. The van der Waals surface area contributed by atoms with Crippen molar-refractivity contribution in [3.05, 3.63) is 48.7 Å². The number of nitrogens with two attached hydrogens (primary N) is 1. The number of H-pyrrole nitrogens is 1. The highest BCUT2D eigenvalue weighted by molar-refractivity contribution is 5.98. The van der Waals surface area contributed by atoms with Crippen molar-refractivity contribution in [2.24, 2.45) is 0 Å². The van der Waals surface area contributed by atoms with Crippen molar-refractivity contribution in [3.8, 4) is 0 Å². The molecular formula is C15H17N5O. The topological polar surface area (TPSA) is 88.7 Å². The maximum atomic E-state index is 12.1. The molecule has 2 heterocycles. The van der Waals surface area contributed by atoms with E-state index in [0.717, 1.165) is 23.9 Å². The van der Waals surface area contributed by atoms with Crippen molar-refractivity contribution in [2.45, 2.75) is 13.0 Å². The smallest absolute Gasteiger partial charge is 0.267 e. The highest BCUT2D eigenvalue weighted by Crippen LogP contribution is 2.18. The molecule has 0 unspecified atom stereocenters. The fourth-order valence-electron chi connectivity index (χ4n) is 2.25. The van der Waals surface area contributed by atoms with Crippen LogP contribution < -0.4 is 11.1 Å². The fourth-order valence-corrected chi connectivity index (χ4v) is 2.25. The Morgan fingerprint density at radius 2 is 2.29 bits per heavy atom. The summed E-state index contributed by atoms with van der Waals surface area (Å²) in [7, 11) is 0. The Morgan fingerprint density at radius 3 is 3.10 bits per heavy atom. The van der Waals surface area contributed by atoms with E-state index in [1.54, 1.807) is 12.5 Å². The first kappa shape index (κ1) is 13.2. The van der Waals surface area contributed by atoms with Crippen LogP contribution >= 0.6 is 0 Å². The number of aromatic amines is 1. The quantitative estimate of drug-likeness (QED) is 0.492. The first-order valence-corrected chi connectivity index (χ1v) is 6.84. The Morgan fingerprint density at radius 1 is 1.38 bits per heavy atom. The number of anilines is 1. The molecule has 108 valence electrons. The number of aromatic nitrogens is 3. The van der Waals surface area contributed by atoms with Gasteiger partial charge in [0.1, 0.15) is 5.69 Å². The van der Waals surface area contributed by atoms with E-state index in [9.17, 15) is 4.79 Å². The third-order valence-corrected chi connectivity index (χ3v) is 3.33. The molecule has 1 aromatic carbocycles. The summed E-state index contributed by atoms with van der Waals surface area (Å²) in [4.78, 5) is 19.1. The molecule has 0 fully saturated rings. The molecule has 0 saturated heterocycles. The molecule has 2 aromatic heterocycles. The summed E-state index contributed by atoms with van der Waals surface area (Å²) < 4.78 is 1.98. The lowest BCUT2D eigenvalue weighted by Gasteiger charge is -2.04. The lowest BCUT2D eigenvalue weighted by Crippen LogP contribution is -2.25. The van der Waals surface area contributed by atoms with Gasteiger partial charge in [0.05, 0.1) is 6.33 Å². The largest absolute Gasteiger partial charge is 0.399 e. The van der Waals surface area contributed by atoms with Gasteiger partial charge in [0.15, 0.2) is 0 Å². The molecule has 0 aliphatic heterocycles. The first-order valence-electron chi connectivity index (χ1n) is 6.84. The van der Waals surface area contributed by atoms with Gasteiger partial charge in [-0.1, -0.05) is 0 Å². The number of nitrogens with zero attached hydrogens (tertiary/aromatic N) is 2. The minimum atomic E-state index is -0.101. The summed E-state index contributed by atoms with van der Waals surface area (Å²) in [6.45, 7) is 1.46. The number of imidazole rings is 1. The van der Waals surface area contributed by atoms with E-state index in [2.05, 4.69) is 15.3 Å². The van der Waals surface area contributed by atoms with E-state index in [1.165, 1.54) is 0 Å². The number of rotatable bonds is 5. The van der Waals surface area contributed by atoms with Crippen molar-refractivity contribution >= 4 is 22.5 Å². The van der Waals surface area contributed by atoms with Crippen LogP contribution in [0.25, 0.3) is 10.9 Å². The normalized spacial score (nSPS) is 10.9. The molecule has 0 radical (unpaired) electrons. The average Bonchev–Trinajstić information content (AvgIpc) is 3.11. The van der Waals surface area contributed by atoms with E-state index in [-0.39, 0.29) is 5.91 Å². The van der Waals surface area contributed by atoms with Crippen LogP contribution in [-0.4, -0.2) is 27.0 Å². The number of hydrogen-bond acceptors (Lipinski definition) is 3. The average molecular weight is 283 g/mol. The van der Waals surface area contributed by atoms with Crippen molar-refractivity contribution < 1.29 is 4.79 Å². The molecule has 0 aliphatic carbocycles. The van der Waals surface area contributed by atoms with E-state index >= 15 is 0 Å². The first-order chi connectivity index (χ1) is 10.2. The van der Waals surface area contributed by atoms with Crippen LogP contribution in [0.2, 0.25) is 0 Å². The van der Waals surface area contributed by atoms with Gasteiger partial charge < -0.3 is 20.6 Å². The standard InChI is InChI=1S/C15H17N5O/c16-12-2-3-13-11(8-12)9-14(19-13)15(21)18-4-1-6-20-7-5-17-10-20/h2-3,5,7-10,19H,1,4,6,16H2,(H,18,21). The molecule has 0 aliphatic rings. The van der Waals surface area contributed by atoms with Gasteiger partial charge in [-0.3, -0.25) is 4.79 Å². The van der Waals surface area contributed by atoms with Crippen LogP contribution in [-0.2, 0) is 6.54 Å². The Balaban J connectivity index is 1.56. The summed E-state index contributed by atoms with van der Waals surface area (Å²) >= 11 is 0. The van der Waals surface area contributed by atoms with Crippen LogP contribution in [0.1, 0.15) is 16.9 Å². The predicted molar refractivity (Wildman–Crippen MR) is 81.9 cm³/mol. The Bertz CT molecular complexity index is 745.